The molecule has 1 saturated heterocycles. The van der Waals surface area contributed by atoms with Crippen molar-refractivity contribution in [3.05, 3.63) is 53.9 Å². The van der Waals surface area contributed by atoms with Crippen LogP contribution in [0.3, 0.4) is 0 Å². The molecular weight excluding hydrogens is 312 g/mol. The Kier molecular flexibility index (Phi) is 6.19. The number of nitrogens with one attached hydrogen (secondary N) is 2. The highest BCUT2D eigenvalue weighted by atomic mass is 35.5. The van der Waals surface area contributed by atoms with E-state index in [4.69, 9.17) is 0 Å². The highest BCUT2D eigenvalue weighted by molar-refractivity contribution is 5.85. The van der Waals surface area contributed by atoms with Gasteiger partial charge in [0, 0.05) is 24.9 Å². The summed E-state index contributed by atoms with van der Waals surface area (Å²) in [6.45, 7) is 5.28. The number of nitrogens with zero attached hydrogens (tertiary/aromatic N) is 2. The zero-order valence-electron chi connectivity index (χ0n) is 13.2. The van der Waals surface area contributed by atoms with Crippen LogP contribution in [-0.2, 0) is 17.9 Å². The Morgan fingerprint density at radius 2 is 2.04 bits per heavy atom. The Hall–Kier alpha value is -1.85. The molecule has 2 aromatic rings. The maximum absolute atomic E-state index is 12.1. The minimum absolute atomic E-state index is 0. The Balaban J connectivity index is 0.00000192. The number of amides is 1. The largest absolute Gasteiger partial charge is 0.352 e. The van der Waals surface area contributed by atoms with Crippen LogP contribution in [0.25, 0.3) is 0 Å². The number of rotatable bonds is 6. The van der Waals surface area contributed by atoms with Crippen molar-refractivity contribution < 1.29 is 4.79 Å². The van der Waals surface area contributed by atoms with Crippen LogP contribution in [0.4, 0.5) is 0 Å². The molecule has 23 heavy (non-hydrogen) atoms. The van der Waals surface area contributed by atoms with Crippen LogP contribution in [0, 0.1) is 11.8 Å². The topological polar surface area (TPSA) is 59.0 Å². The Morgan fingerprint density at radius 3 is 2.61 bits per heavy atom. The van der Waals surface area contributed by atoms with Gasteiger partial charge in [-0.05, 0) is 36.2 Å². The van der Waals surface area contributed by atoms with Crippen molar-refractivity contribution in [2.24, 2.45) is 11.8 Å². The molecule has 6 heteroatoms. The van der Waals surface area contributed by atoms with E-state index in [2.05, 4.69) is 40.0 Å². The highest BCUT2D eigenvalue weighted by Crippen LogP contribution is 2.16. The average Bonchev–Trinajstić information content (AvgIpc) is 2.97. The number of carbonyl (C=O) groups is 1. The zero-order valence-corrected chi connectivity index (χ0v) is 14.1. The second kappa shape index (κ2) is 8.13. The van der Waals surface area contributed by atoms with Gasteiger partial charge in [0.05, 0.1) is 6.54 Å². The summed E-state index contributed by atoms with van der Waals surface area (Å²) in [6.07, 6.45) is 3.73. The lowest BCUT2D eigenvalue weighted by Crippen LogP contribution is -2.49. The quantitative estimate of drug-likeness (QED) is 0.847. The third kappa shape index (κ3) is 4.56. The molecule has 0 bridgehead atoms. The van der Waals surface area contributed by atoms with Crippen LogP contribution in [-0.4, -0.2) is 28.8 Å². The monoisotopic (exact) mass is 334 g/mol. The van der Waals surface area contributed by atoms with Gasteiger partial charge in [0.1, 0.15) is 0 Å². The molecule has 2 N–H and O–H groups in total. The van der Waals surface area contributed by atoms with Crippen molar-refractivity contribution in [1.82, 2.24) is 20.4 Å². The predicted molar refractivity (Wildman–Crippen MR) is 92.4 cm³/mol. The Morgan fingerprint density at radius 1 is 1.35 bits per heavy atom. The van der Waals surface area contributed by atoms with E-state index in [1.54, 1.807) is 6.20 Å². The van der Waals surface area contributed by atoms with Crippen molar-refractivity contribution in [2.75, 3.05) is 13.1 Å². The number of hydrogen-bond donors (Lipinski definition) is 2. The highest BCUT2D eigenvalue weighted by Gasteiger charge is 2.28. The van der Waals surface area contributed by atoms with Crippen molar-refractivity contribution in [3.63, 3.8) is 0 Å². The van der Waals surface area contributed by atoms with Gasteiger partial charge in [-0.1, -0.05) is 31.2 Å². The van der Waals surface area contributed by atoms with E-state index >= 15 is 0 Å². The molecular formula is C17H23ClN4O. The molecule has 0 radical (unpaired) electrons. The summed E-state index contributed by atoms with van der Waals surface area (Å²) >= 11 is 0. The first-order valence-corrected chi connectivity index (χ1v) is 7.76. The Bertz CT molecular complexity index is 608. The lowest BCUT2D eigenvalue weighted by Gasteiger charge is -2.31. The third-order valence-electron chi connectivity index (χ3n) is 4.33. The fourth-order valence-electron chi connectivity index (χ4n) is 2.57. The molecule has 1 atom stereocenters. The second-order valence-electron chi connectivity index (χ2n) is 5.94. The second-order valence-corrected chi connectivity index (χ2v) is 5.94. The molecule has 1 aliphatic rings. The number of benzene rings is 1. The first-order chi connectivity index (χ1) is 10.7. The molecule has 124 valence electrons. The first-order valence-electron chi connectivity index (χ1n) is 7.76. The standard InChI is InChI=1S/C17H22N4O.ClH/c1-13(16-10-18-11-16)17(22)19-9-14-3-5-15(6-4-14)12-21-8-2-7-20-21;/h2-8,13,16,18H,9-12H2,1H3,(H,19,22);1H. The number of aromatic nitrogens is 2. The summed E-state index contributed by atoms with van der Waals surface area (Å²) in [4.78, 5) is 12.1. The summed E-state index contributed by atoms with van der Waals surface area (Å²) in [7, 11) is 0. The third-order valence-corrected chi connectivity index (χ3v) is 4.33. The van der Waals surface area contributed by atoms with Gasteiger partial charge in [0.25, 0.3) is 0 Å². The fraction of sp³-hybridized carbons (Fsp3) is 0.412. The molecule has 1 fully saturated rings. The molecule has 1 aromatic carbocycles. The SMILES string of the molecule is CC(C(=O)NCc1ccc(Cn2cccn2)cc1)C1CNC1.Cl. The summed E-state index contributed by atoms with van der Waals surface area (Å²) in [6, 6.07) is 10.2. The first kappa shape index (κ1) is 17.5. The lowest BCUT2D eigenvalue weighted by atomic mass is 9.88. The van der Waals surface area contributed by atoms with E-state index in [0.29, 0.717) is 12.5 Å². The minimum atomic E-state index is 0. The zero-order chi connectivity index (χ0) is 15.4. The maximum atomic E-state index is 12.1. The van der Waals surface area contributed by atoms with Gasteiger partial charge < -0.3 is 10.6 Å². The van der Waals surface area contributed by atoms with E-state index in [1.807, 2.05) is 23.9 Å². The van der Waals surface area contributed by atoms with E-state index < -0.39 is 0 Å². The van der Waals surface area contributed by atoms with Gasteiger partial charge in [0.15, 0.2) is 0 Å². The normalized spacial score (nSPS) is 15.3. The molecule has 1 aromatic heterocycles. The number of hydrogen-bond acceptors (Lipinski definition) is 3. The van der Waals surface area contributed by atoms with Crippen LogP contribution >= 0.6 is 12.4 Å². The molecule has 0 spiro atoms. The molecule has 2 heterocycles. The van der Waals surface area contributed by atoms with Crippen LogP contribution < -0.4 is 10.6 Å². The molecule has 0 aliphatic carbocycles. The van der Waals surface area contributed by atoms with E-state index in [9.17, 15) is 4.79 Å². The molecule has 1 unspecified atom stereocenters. The molecule has 3 rings (SSSR count). The number of halogens is 1. The molecule has 1 aliphatic heterocycles. The van der Waals surface area contributed by atoms with Crippen LogP contribution in [0.15, 0.2) is 42.7 Å². The van der Waals surface area contributed by atoms with Crippen LogP contribution in [0.1, 0.15) is 18.1 Å². The summed E-state index contributed by atoms with van der Waals surface area (Å²) in [5, 5.41) is 10.4. The van der Waals surface area contributed by atoms with Gasteiger partial charge in [-0.3, -0.25) is 9.48 Å². The maximum Gasteiger partial charge on any atom is 0.223 e. The summed E-state index contributed by atoms with van der Waals surface area (Å²) < 4.78 is 1.89. The van der Waals surface area contributed by atoms with Crippen molar-refractivity contribution >= 4 is 18.3 Å². The molecule has 0 saturated carbocycles. The molecule has 1 amide bonds. The van der Waals surface area contributed by atoms with Crippen molar-refractivity contribution in [2.45, 2.75) is 20.0 Å². The predicted octanol–water partition coefficient (Wildman–Crippen LogP) is 1.82. The van der Waals surface area contributed by atoms with Gasteiger partial charge >= 0.3 is 0 Å². The van der Waals surface area contributed by atoms with Crippen molar-refractivity contribution in [3.8, 4) is 0 Å². The van der Waals surface area contributed by atoms with Crippen LogP contribution in [0.2, 0.25) is 0 Å². The average molecular weight is 335 g/mol. The van der Waals surface area contributed by atoms with Gasteiger partial charge in [0.2, 0.25) is 5.91 Å². The molecule has 5 nitrogen and oxygen atoms in total. The van der Waals surface area contributed by atoms with Crippen molar-refractivity contribution in [1.29, 1.82) is 0 Å². The minimum Gasteiger partial charge on any atom is -0.352 e. The van der Waals surface area contributed by atoms with E-state index in [-0.39, 0.29) is 24.2 Å². The Labute approximate surface area is 142 Å². The summed E-state index contributed by atoms with van der Waals surface area (Å²) in [5.41, 5.74) is 2.32. The van der Waals surface area contributed by atoms with E-state index in [0.717, 1.165) is 25.2 Å². The fourth-order valence-corrected chi connectivity index (χ4v) is 2.57. The van der Waals surface area contributed by atoms with Gasteiger partial charge in [-0.2, -0.15) is 5.10 Å². The lowest BCUT2D eigenvalue weighted by molar-refractivity contribution is -0.126. The number of carbonyl (C=O) groups excluding carboxylic acids is 1. The smallest absolute Gasteiger partial charge is 0.223 e. The van der Waals surface area contributed by atoms with E-state index in [1.165, 1.54) is 5.56 Å². The van der Waals surface area contributed by atoms with Crippen LogP contribution in [0.5, 0.6) is 0 Å². The van der Waals surface area contributed by atoms with Gasteiger partial charge in [-0.15, -0.1) is 12.4 Å². The summed E-state index contributed by atoms with van der Waals surface area (Å²) in [5.74, 6) is 0.712. The van der Waals surface area contributed by atoms with Gasteiger partial charge in [-0.25, -0.2) is 0 Å².